The van der Waals surface area contributed by atoms with Crippen molar-refractivity contribution in [3.8, 4) is 0 Å². The van der Waals surface area contributed by atoms with Crippen molar-refractivity contribution in [1.29, 1.82) is 0 Å². The molecule has 0 bridgehead atoms. The normalized spacial score (nSPS) is 11.0. The first kappa shape index (κ1) is 14.2. The van der Waals surface area contributed by atoms with E-state index in [1.165, 1.54) is 5.56 Å². The molecule has 0 saturated heterocycles. The molecule has 1 aromatic heterocycles. The zero-order chi connectivity index (χ0) is 12.5. The van der Waals surface area contributed by atoms with E-state index < -0.39 is 0 Å². The second-order valence-electron chi connectivity index (χ2n) is 4.23. The van der Waals surface area contributed by atoms with Crippen LogP contribution < -0.4 is 0 Å². The van der Waals surface area contributed by atoms with E-state index in [0.717, 1.165) is 57.0 Å². The molecule has 4 heteroatoms. The Bertz CT molecular complexity index is 310. The Morgan fingerprint density at radius 3 is 2.41 bits per heavy atom. The molecule has 98 valence electrons. The van der Waals surface area contributed by atoms with Crippen molar-refractivity contribution in [3.05, 3.63) is 17.0 Å². The van der Waals surface area contributed by atoms with E-state index in [2.05, 4.69) is 5.16 Å². The lowest BCUT2D eigenvalue weighted by Crippen LogP contribution is -2.01. The Kier molecular flexibility index (Phi) is 6.89. The summed E-state index contributed by atoms with van der Waals surface area (Å²) in [6.45, 7) is 6.42. The maximum absolute atomic E-state index is 5.53. The summed E-state index contributed by atoms with van der Waals surface area (Å²) in [5.41, 5.74) is 2.23. The first-order chi connectivity index (χ1) is 8.25. The molecule has 0 aromatic carbocycles. The van der Waals surface area contributed by atoms with E-state index in [1.807, 2.05) is 13.8 Å². The molecule has 0 amide bonds. The monoisotopic (exact) mass is 241 g/mol. The number of ether oxygens (including phenoxy) is 2. The van der Waals surface area contributed by atoms with Crippen LogP contribution >= 0.6 is 0 Å². The molecule has 1 heterocycles. The Hall–Kier alpha value is -0.870. The van der Waals surface area contributed by atoms with Gasteiger partial charge in [0.25, 0.3) is 0 Å². The smallest absolute Gasteiger partial charge is 0.136 e. The number of hydrogen-bond acceptors (Lipinski definition) is 4. The number of rotatable bonds is 9. The van der Waals surface area contributed by atoms with Gasteiger partial charge in [-0.2, -0.15) is 0 Å². The number of methoxy groups -OCH3 is 1. The fourth-order valence-electron chi connectivity index (χ4n) is 1.59. The first-order valence-electron chi connectivity index (χ1n) is 6.24. The molecule has 0 unspecified atom stereocenters. The Balaban J connectivity index is 1.99. The highest BCUT2D eigenvalue weighted by Gasteiger charge is 2.06. The summed E-state index contributed by atoms with van der Waals surface area (Å²) in [4.78, 5) is 0. The van der Waals surface area contributed by atoms with E-state index >= 15 is 0 Å². The minimum absolute atomic E-state index is 0.790. The third-order valence-corrected chi connectivity index (χ3v) is 2.84. The van der Waals surface area contributed by atoms with E-state index in [9.17, 15) is 0 Å². The van der Waals surface area contributed by atoms with E-state index in [4.69, 9.17) is 14.0 Å². The molecular formula is C13H23NO3. The second-order valence-corrected chi connectivity index (χ2v) is 4.23. The summed E-state index contributed by atoms with van der Waals surface area (Å²) in [5, 5.41) is 4.03. The Labute approximate surface area is 103 Å². The van der Waals surface area contributed by atoms with Gasteiger partial charge in [-0.1, -0.05) is 5.16 Å². The predicted octanol–water partition coefficient (Wildman–Crippen LogP) is 2.67. The van der Waals surface area contributed by atoms with Gasteiger partial charge in [-0.3, -0.25) is 0 Å². The summed E-state index contributed by atoms with van der Waals surface area (Å²) in [6.07, 6.45) is 4.06. The maximum atomic E-state index is 5.53. The minimum atomic E-state index is 0.790. The molecule has 0 radical (unpaired) electrons. The number of aromatic nitrogens is 1. The van der Waals surface area contributed by atoms with E-state index in [-0.39, 0.29) is 0 Å². The van der Waals surface area contributed by atoms with Gasteiger partial charge in [0.05, 0.1) is 5.69 Å². The van der Waals surface area contributed by atoms with Crippen molar-refractivity contribution in [2.75, 3.05) is 26.9 Å². The van der Waals surface area contributed by atoms with E-state index in [0.29, 0.717) is 0 Å². The SMILES string of the molecule is COCCCCOCCCc1noc(C)c1C. The highest BCUT2D eigenvalue weighted by Crippen LogP contribution is 2.12. The van der Waals surface area contributed by atoms with Crippen molar-refractivity contribution < 1.29 is 14.0 Å². The number of aryl methyl sites for hydroxylation is 2. The molecule has 0 aliphatic rings. The van der Waals surface area contributed by atoms with Crippen LogP contribution in [-0.2, 0) is 15.9 Å². The van der Waals surface area contributed by atoms with Crippen molar-refractivity contribution in [3.63, 3.8) is 0 Å². The van der Waals surface area contributed by atoms with Gasteiger partial charge < -0.3 is 14.0 Å². The summed E-state index contributed by atoms with van der Waals surface area (Å²) in [5.74, 6) is 0.917. The molecule has 4 nitrogen and oxygen atoms in total. The van der Waals surface area contributed by atoms with E-state index in [1.54, 1.807) is 7.11 Å². The van der Waals surface area contributed by atoms with Gasteiger partial charge in [0.2, 0.25) is 0 Å². The lowest BCUT2D eigenvalue weighted by Gasteiger charge is -2.03. The van der Waals surface area contributed by atoms with Crippen LogP contribution in [0, 0.1) is 13.8 Å². The zero-order valence-corrected chi connectivity index (χ0v) is 11.1. The standard InChI is InChI=1S/C13H23NO3/c1-11-12(2)17-14-13(11)7-6-10-16-9-5-4-8-15-3/h4-10H2,1-3H3. The van der Waals surface area contributed by atoms with Crippen molar-refractivity contribution in [1.82, 2.24) is 5.16 Å². The quantitative estimate of drug-likeness (QED) is 0.623. The third kappa shape index (κ3) is 5.33. The fourth-order valence-corrected chi connectivity index (χ4v) is 1.59. The van der Waals surface area contributed by atoms with Crippen LogP contribution in [0.5, 0.6) is 0 Å². The topological polar surface area (TPSA) is 44.5 Å². The molecule has 0 aliphatic heterocycles. The lowest BCUT2D eigenvalue weighted by molar-refractivity contribution is 0.117. The summed E-state index contributed by atoms with van der Waals surface area (Å²) < 4.78 is 15.6. The average Bonchev–Trinajstić information content (AvgIpc) is 2.64. The second kappa shape index (κ2) is 8.25. The lowest BCUT2D eigenvalue weighted by atomic mass is 10.1. The molecule has 1 aromatic rings. The zero-order valence-electron chi connectivity index (χ0n) is 11.1. The van der Waals surface area contributed by atoms with Gasteiger partial charge in [-0.25, -0.2) is 0 Å². The van der Waals surface area contributed by atoms with Crippen LogP contribution in [0.4, 0.5) is 0 Å². The number of nitrogens with zero attached hydrogens (tertiary/aromatic N) is 1. The Morgan fingerprint density at radius 1 is 1.06 bits per heavy atom. The van der Waals surface area contributed by atoms with Crippen LogP contribution in [-0.4, -0.2) is 32.1 Å². The maximum Gasteiger partial charge on any atom is 0.136 e. The molecular weight excluding hydrogens is 218 g/mol. The van der Waals surface area contributed by atoms with Crippen molar-refractivity contribution in [2.45, 2.75) is 39.5 Å². The average molecular weight is 241 g/mol. The van der Waals surface area contributed by atoms with Crippen LogP contribution in [0.15, 0.2) is 4.52 Å². The number of hydrogen-bond donors (Lipinski definition) is 0. The molecule has 0 atom stereocenters. The molecule has 0 aliphatic carbocycles. The first-order valence-corrected chi connectivity index (χ1v) is 6.24. The molecule has 0 spiro atoms. The highest BCUT2D eigenvalue weighted by molar-refractivity contribution is 5.19. The summed E-state index contributed by atoms with van der Waals surface area (Å²) >= 11 is 0. The van der Waals surface area contributed by atoms with Crippen LogP contribution in [0.2, 0.25) is 0 Å². The molecule has 0 fully saturated rings. The summed E-state index contributed by atoms with van der Waals surface area (Å²) in [7, 11) is 1.73. The summed E-state index contributed by atoms with van der Waals surface area (Å²) in [6, 6.07) is 0. The molecule has 1 rings (SSSR count). The number of unbranched alkanes of at least 4 members (excludes halogenated alkanes) is 1. The van der Waals surface area contributed by atoms with Crippen molar-refractivity contribution in [2.24, 2.45) is 0 Å². The molecule has 0 saturated carbocycles. The van der Waals surface area contributed by atoms with Crippen molar-refractivity contribution >= 4 is 0 Å². The molecule has 17 heavy (non-hydrogen) atoms. The fraction of sp³-hybridized carbons (Fsp3) is 0.769. The largest absolute Gasteiger partial charge is 0.385 e. The van der Waals surface area contributed by atoms with Crippen LogP contribution in [0.1, 0.15) is 36.3 Å². The van der Waals surface area contributed by atoms with Crippen LogP contribution in [0.25, 0.3) is 0 Å². The van der Waals surface area contributed by atoms with Gasteiger partial charge in [0.15, 0.2) is 0 Å². The van der Waals surface area contributed by atoms with Gasteiger partial charge in [0.1, 0.15) is 5.76 Å². The highest BCUT2D eigenvalue weighted by atomic mass is 16.5. The molecule has 0 N–H and O–H groups in total. The minimum Gasteiger partial charge on any atom is -0.385 e. The van der Waals surface area contributed by atoms with Gasteiger partial charge in [0, 0.05) is 32.5 Å². The van der Waals surface area contributed by atoms with Gasteiger partial charge in [-0.05, 0) is 39.5 Å². The Morgan fingerprint density at radius 2 is 1.76 bits per heavy atom. The van der Waals surface area contributed by atoms with Gasteiger partial charge >= 0.3 is 0 Å². The predicted molar refractivity (Wildman–Crippen MR) is 66.2 cm³/mol. The third-order valence-electron chi connectivity index (χ3n) is 2.84. The van der Waals surface area contributed by atoms with Gasteiger partial charge in [-0.15, -0.1) is 0 Å². The van der Waals surface area contributed by atoms with Crippen LogP contribution in [0.3, 0.4) is 0 Å².